The third kappa shape index (κ3) is 9.66. The Bertz CT molecular complexity index is 397. The fourth-order valence-electron chi connectivity index (χ4n) is 3.24. The van der Waals surface area contributed by atoms with Crippen LogP contribution in [0.3, 0.4) is 0 Å². The van der Waals surface area contributed by atoms with Gasteiger partial charge in [-0.05, 0) is 46.0 Å². The van der Waals surface area contributed by atoms with E-state index in [2.05, 4.69) is 36.7 Å². The fraction of sp³-hybridized carbons (Fsp3) is 0.895. The van der Waals surface area contributed by atoms with Gasteiger partial charge in [-0.2, -0.15) is 0 Å². The summed E-state index contributed by atoms with van der Waals surface area (Å²) in [6.07, 6.45) is 6.44. The highest BCUT2D eigenvalue weighted by molar-refractivity contribution is 14.0. The summed E-state index contributed by atoms with van der Waals surface area (Å²) in [6.45, 7) is 12.3. The first-order valence-corrected chi connectivity index (χ1v) is 9.85. The van der Waals surface area contributed by atoms with Gasteiger partial charge in [-0.1, -0.05) is 33.1 Å². The highest BCUT2D eigenvalue weighted by Gasteiger charge is 2.28. The first-order chi connectivity index (χ1) is 11.5. The molecule has 0 saturated heterocycles. The molecule has 2 unspecified atom stereocenters. The van der Waals surface area contributed by atoms with Crippen molar-refractivity contribution in [1.29, 1.82) is 0 Å². The summed E-state index contributed by atoms with van der Waals surface area (Å²) in [6, 6.07) is 0.547. The largest absolute Gasteiger partial charge is 0.357 e. The zero-order chi connectivity index (χ0) is 17.9. The smallest absolute Gasteiger partial charge is 0.223 e. The number of amides is 1. The maximum absolute atomic E-state index is 12.3. The van der Waals surface area contributed by atoms with Gasteiger partial charge in [0.15, 0.2) is 5.96 Å². The van der Waals surface area contributed by atoms with Crippen LogP contribution in [0.5, 0.6) is 0 Å². The minimum atomic E-state index is 0. The zero-order valence-electron chi connectivity index (χ0n) is 16.7. The molecule has 0 bridgehead atoms. The number of hydrogen-bond donors (Lipinski definition) is 3. The van der Waals surface area contributed by atoms with Crippen LogP contribution in [0.15, 0.2) is 4.99 Å². The second-order valence-corrected chi connectivity index (χ2v) is 7.27. The van der Waals surface area contributed by atoms with E-state index < -0.39 is 0 Å². The number of rotatable bonds is 8. The molecule has 1 aliphatic rings. The van der Waals surface area contributed by atoms with Crippen LogP contribution in [0.25, 0.3) is 0 Å². The van der Waals surface area contributed by atoms with Crippen molar-refractivity contribution in [2.75, 3.05) is 13.1 Å². The van der Waals surface area contributed by atoms with E-state index in [0.29, 0.717) is 12.0 Å². The Balaban J connectivity index is 0.00000576. The van der Waals surface area contributed by atoms with E-state index >= 15 is 0 Å². The molecule has 1 saturated carbocycles. The quantitative estimate of drug-likeness (QED) is 0.291. The Labute approximate surface area is 171 Å². The summed E-state index contributed by atoms with van der Waals surface area (Å²) >= 11 is 0. The highest BCUT2D eigenvalue weighted by atomic mass is 127. The molecule has 1 rings (SSSR count). The molecule has 1 fully saturated rings. The van der Waals surface area contributed by atoms with Crippen LogP contribution in [0.1, 0.15) is 73.1 Å². The van der Waals surface area contributed by atoms with E-state index in [1.807, 2.05) is 13.8 Å². The number of nitrogens with zero attached hydrogens (tertiary/aromatic N) is 1. The van der Waals surface area contributed by atoms with Gasteiger partial charge in [-0.3, -0.25) is 9.79 Å². The topological polar surface area (TPSA) is 65.5 Å². The molecule has 0 radical (unpaired) electrons. The van der Waals surface area contributed by atoms with Gasteiger partial charge in [-0.15, -0.1) is 24.0 Å². The van der Waals surface area contributed by atoms with Gasteiger partial charge < -0.3 is 16.0 Å². The van der Waals surface area contributed by atoms with Crippen LogP contribution in [-0.4, -0.2) is 37.0 Å². The van der Waals surface area contributed by atoms with E-state index in [1.54, 1.807) is 0 Å². The van der Waals surface area contributed by atoms with Crippen molar-refractivity contribution in [3.8, 4) is 0 Å². The molecular formula is C19H39IN4O. The van der Waals surface area contributed by atoms with Gasteiger partial charge in [0.2, 0.25) is 5.91 Å². The summed E-state index contributed by atoms with van der Waals surface area (Å²) in [5, 5.41) is 9.96. The lowest BCUT2D eigenvalue weighted by atomic mass is 9.85. The number of carbonyl (C=O) groups is 1. The molecule has 25 heavy (non-hydrogen) atoms. The molecule has 3 N–H and O–H groups in total. The normalized spacial score (nSPS) is 21.0. The van der Waals surface area contributed by atoms with Crippen molar-refractivity contribution in [3.63, 3.8) is 0 Å². The Morgan fingerprint density at radius 1 is 1.16 bits per heavy atom. The summed E-state index contributed by atoms with van der Waals surface area (Å²) in [5.41, 5.74) is 0. The van der Waals surface area contributed by atoms with Crippen LogP contribution in [-0.2, 0) is 4.79 Å². The van der Waals surface area contributed by atoms with Crippen molar-refractivity contribution in [3.05, 3.63) is 0 Å². The van der Waals surface area contributed by atoms with Crippen LogP contribution in [0, 0.1) is 11.8 Å². The third-order valence-corrected chi connectivity index (χ3v) is 4.82. The van der Waals surface area contributed by atoms with Crippen LogP contribution in [0.4, 0.5) is 0 Å². The van der Waals surface area contributed by atoms with Crippen molar-refractivity contribution >= 4 is 35.8 Å². The van der Waals surface area contributed by atoms with E-state index in [1.165, 1.54) is 12.8 Å². The first kappa shape index (κ1) is 24.5. The van der Waals surface area contributed by atoms with Gasteiger partial charge in [0.05, 0.1) is 0 Å². The molecule has 2 atom stereocenters. The second kappa shape index (κ2) is 13.6. The monoisotopic (exact) mass is 466 g/mol. The van der Waals surface area contributed by atoms with Crippen molar-refractivity contribution in [1.82, 2.24) is 16.0 Å². The number of hydrogen-bond acceptors (Lipinski definition) is 2. The van der Waals surface area contributed by atoms with E-state index in [-0.39, 0.29) is 41.8 Å². The number of aliphatic imine (C=N–C) groups is 1. The average Bonchev–Trinajstić information content (AvgIpc) is 2.55. The zero-order valence-corrected chi connectivity index (χ0v) is 19.1. The minimum Gasteiger partial charge on any atom is -0.357 e. The lowest BCUT2D eigenvalue weighted by Crippen LogP contribution is -2.47. The van der Waals surface area contributed by atoms with E-state index in [9.17, 15) is 4.79 Å². The molecule has 1 amide bonds. The number of carbonyl (C=O) groups excluding carboxylic acids is 1. The van der Waals surface area contributed by atoms with Crippen molar-refractivity contribution < 1.29 is 4.79 Å². The Morgan fingerprint density at radius 3 is 2.40 bits per heavy atom. The number of guanidine groups is 1. The summed E-state index contributed by atoms with van der Waals surface area (Å²) in [5.74, 6) is 1.88. The van der Waals surface area contributed by atoms with Gasteiger partial charge in [0.25, 0.3) is 0 Å². The van der Waals surface area contributed by atoms with Crippen LogP contribution >= 0.6 is 24.0 Å². The molecule has 0 spiro atoms. The summed E-state index contributed by atoms with van der Waals surface area (Å²) in [7, 11) is 0. The lowest BCUT2D eigenvalue weighted by Gasteiger charge is -2.30. The van der Waals surface area contributed by atoms with Gasteiger partial charge in [0, 0.05) is 31.1 Å². The lowest BCUT2D eigenvalue weighted by molar-refractivity contribution is -0.126. The molecule has 0 aromatic carbocycles. The minimum absolute atomic E-state index is 0. The second-order valence-electron chi connectivity index (χ2n) is 7.27. The average molecular weight is 466 g/mol. The molecule has 5 nitrogen and oxygen atoms in total. The third-order valence-electron chi connectivity index (χ3n) is 4.82. The Kier molecular flexibility index (Phi) is 13.4. The van der Waals surface area contributed by atoms with Gasteiger partial charge in [0.1, 0.15) is 0 Å². The summed E-state index contributed by atoms with van der Waals surface area (Å²) < 4.78 is 0. The Morgan fingerprint density at radius 2 is 1.84 bits per heavy atom. The Hall–Kier alpha value is -0.530. The molecule has 148 valence electrons. The molecule has 0 heterocycles. The molecule has 0 aromatic rings. The number of halogens is 1. The molecule has 0 aliphatic heterocycles. The fourth-order valence-corrected chi connectivity index (χ4v) is 3.24. The highest BCUT2D eigenvalue weighted by Crippen LogP contribution is 2.24. The SMILES string of the molecule is CCNC(=NCC(CC)CC)NC1CCCC(C(=O)NC(C)C)C1.I. The molecule has 6 heteroatoms. The maximum atomic E-state index is 12.3. The predicted octanol–water partition coefficient (Wildman–Crippen LogP) is 3.68. The van der Waals surface area contributed by atoms with Crippen LogP contribution in [0.2, 0.25) is 0 Å². The van der Waals surface area contributed by atoms with E-state index in [4.69, 9.17) is 4.99 Å². The van der Waals surface area contributed by atoms with Gasteiger partial charge in [-0.25, -0.2) is 0 Å². The van der Waals surface area contributed by atoms with Crippen molar-refractivity contribution in [2.24, 2.45) is 16.8 Å². The molecular weight excluding hydrogens is 427 g/mol. The van der Waals surface area contributed by atoms with E-state index in [0.717, 1.165) is 44.7 Å². The first-order valence-electron chi connectivity index (χ1n) is 9.85. The summed E-state index contributed by atoms with van der Waals surface area (Å²) in [4.78, 5) is 17.0. The van der Waals surface area contributed by atoms with Crippen molar-refractivity contribution in [2.45, 2.75) is 85.2 Å². The predicted molar refractivity (Wildman–Crippen MR) is 118 cm³/mol. The maximum Gasteiger partial charge on any atom is 0.223 e. The standard InChI is InChI=1S/C19H38N4O.HI/c1-6-15(7-2)13-21-19(20-8-3)23-17-11-9-10-16(12-17)18(24)22-14(4)5;/h14-17H,6-13H2,1-5H3,(H,22,24)(H2,20,21,23);1H. The van der Waals surface area contributed by atoms with Crippen LogP contribution < -0.4 is 16.0 Å². The molecule has 0 aromatic heterocycles. The number of nitrogens with one attached hydrogen (secondary N) is 3. The van der Waals surface area contributed by atoms with Gasteiger partial charge >= 0.3 is 0 Å². The molecule has 1 aliphatic carbocycles.